The lowest BCUT2D eigenvalue weighted by Gasteiger charge is -2.43. The highest BCUT2D eigenvalue weighted by molar-refractivity contribution is 7.00. The lowest BCUT2D eigenvalue weighted by molar-refractivity contribution is -0.140. The first-order valence-electron chi connectivity index (χ1n) is 16.4. The largest absolute Gasteiger partial charge is 0.534 e. The molecule has 1 aliphatic heterocycles. The van der Waals surface area contributed by atoms with Gasteiger partial charge in [-0.25, -0.2) is 0 Å². The quantitative estimate of drug-likeness (QED) is 0.0956. The molecule has 0 radical (unpaired) electrons. The van der Waals surface area contributed by atoms with Crippen molar-refractivity contribution in [1.82, 2.24) is 0 Å². The van der Waals surface area contributed by atoms with Crippen LogP contribution in [0.1, 0.15) is 44.7 Å². The minimum atomic E-state index is -2.81. The molecule has 0 saturated carbocycles. The molecule has 1 atom stereocenters. The van der Waals surface area contributed by atoms with Crippen molar-refractivity contribution in [3.05, 3.63) is 108 Å². The van der Waals surface area contributed by atoms with Gasteiger partial charge in [-0.05, 0) is 63.6 Å². The molecule has 1 heterocycles. The third-order valence-corrected chi connectivity index (χ3v) is 13.5. The molecule has 3 N–H and O–H groups in total. The highest BCUT2D eigenvalue weighted by Crippen LogP contribution is 2.38. The van der Waals surface area contributed by atoms with E-state index in [4.69, 9.17) is 47.3 Å². The molecule has 5 rings (SSSR count). The number of phenolic OH excluding ortho intramolecular Hbond substituents is 3. The fourth-order valence-corrected chi connectivity index (χ4v) is 10.5. The predicted octanol–water partition coefficient (Wildman–Crippen LogP) is 6.83. The zero-order valence-corrected chi connectivity index (χ0v) is 32.0. The number of benzene rings is 4. The topological polar surface area (TPSA) is 132 Å². The van der Waals surface area contributed by atoms with E-state index in [1.54, 1.807) is 12.1 Å². The normalized spacial score (nSPS) is 14.0. The molecular formula is C39H46Cl2O9Si. The zero-order chi connectivity index (χ0) is 37.6. The summed E-state index contributed by atoms with van der Waals surface area (Å²) in [6.45, 7) is 7.40. The number of hydrogen-bond acceptors (Lipinski definition) is 9. The first-order valence-corrected chi connectivity index (χ1v) is 19.1. The van der Waals surface area contributed by atoms with Crippen LogP contribution >= 0.6 is 23.2 Å². The predicted molar refractivity (Wildman–Crippen MR) is 202 cm³/mol. The van der Waals surface area contributed by atoms with Crippen molar-refractivity contribution < 1.29 is 43.5 Å². The molecule has 51 heavy (non-hydrogen) atoms. The number of hydrogen-bond donors (Lipinski definition) is 3. The average molecular weight is 758 g/mol. The van der Waals surface area contributed by atoms with Gasteiger partial charge >= 0.3 is 20.3 Å². The number of phenols is 3. The van der Waals surface area contributed by atoms with Crippen LogP contribution in [0.15, 0.2) is 97.1 Å². The molecule has 0 bridgehead atoms. The van der Waals surface area contributed by atoms with E-state index in [9.17, 15) is 14.7 Å². The van der Waals surface area contributed by atoms with Gasteiger partial charge < -0.3 is 34.0 Å². The maximum atomic E-state index is 11.8. The summed E-state index contributed by atoms with van der Waals surface area (Å²) in [6, 6.07) is 29.6. The monoisotopic (exact) mass is 756 g/mol. The van der Waals surface area contributed by atoms with Crippen molar-refractivity contribution in [2.24, 2.45) is 0 Å². The van der Waals surface area contributed by atoms with Crippen LogP contribution in [0.2, 0.25) is 5.04 Å². The molecule has 0 amide bonds. The number of methoxy groups -OCH3 is 2. The molecule has 1 aliphatic rings. The molecule has 0 aromatic heterocycles. The fourth-order valence-electron chi connectivity index (χ4n) is 5.67. The van der Waals surface area contributed by atoms with Crippen molar-refractivity contribution >= 4 is 53.8 Å². The zero-order valence-electron chi connectivity index (χ0n) is 29.5. The van der Waals surface area contributed by atoms with Crippen LogP contribution in [0, 0.1) is 0 Å². The molecule has 0 aliphatic carbocycles. The number of ether oxygens (including phenoxy) is 3. The van der Waals surface area contributed by atoms with Gasteiger partial charge in [0.05, 0.1) is 33.2 Å². The van der Waals surface area contributed by atoms with Crippen LogP contribution in [-0.2, 0) is 36.6 Å². The van der Waals surface area contributed by atoms with Crippen molar-refractivity contribution in [1.29, 1.82) is 0 Å². The Labute approximate surface area is 310 Å². The Kier molecular flexibility index (Phi) is 15.7. The number of rotatable bonds is 9. The Morgan fingerprint density at radius 2 is 1.22 bits per heavy atom. The van der Waals surface area contributed by atoms with E-state index >= 15 is 0 Å². The SMILES string of the molecule is COC(=O)Cc1cc(O)cc(O)c1.COC(=O)Cc1cc(O)cc(O[Si](c2ccccc2)(c2ccccc2)C(C)(C)C)c1.ClC(Cl)C1CCCO1. The Hall–Kier alpha value is -4.22. The second-order valence-electron chi connectivity index (χ2n) is 12.8. The van der Waals surface area contributed by atoms with E-state index in [0.29, 0.717) is 16.9 Å². The van der Waals surface area contributed by atoms with Gasteiger partial charge in [-0.3, -0.25) is 9.59 Å². The lowest BCUT2D eigenvalue weighted by atomic mass is 10.1. The van der Waals surface area contributed by atoms with Crippen LogP contribution in [0.4, 0.5) is 0 Å². The van der Waals surface area contributed by atoms with Crippen LogP contribution in [0.5, 0.6) is 23.0 Å². The maximum Gasteiger partial charge on any atom is 0.319 e. The van der Waals surface area contributed by atoms with Gasteiger partial charge in [0.1, 0.15) is 27.8 Å². The number of esters is 2. The molecule has 4 aromatic carbocycles. The van der Waals surface area contributed by atoms with Crippen LogP contribution < -0.4 is 14.8 Å². The summed E-state index contributed by atoms with van der Waals surface area (Å²) in [7, 11) is -0.177. The van der Waals surface area contributed by atoms with Crippen molar-refractivity contribution in [2.45, 2.75) is 62.4 Å². The van der Waals surface area contributed by atoms with Gasteiger partial charge in [0.2, 0.25) is 0 Å². The summed E-state index contributed by atoms with van der Waals surface area (Å²) in [5.41, 5.74) is 1.17. The van der Waals surface area contributed by atoms with E-state index in [1.165, 1.54) is 32.4 Å². The first-order chi connectivity index (χ1) is 24.2. The van der Waals surface area contributed by atoms with Crippen molar-refractivity contribution in [3.8, 4) is 23.0 Å². The van der Waals surface area contributed by atoms with Crippen LogP contribution in [0.25, 0.3) is 0 Å². The molecule has 0 spiro atoms. The molecule has 1 fully saturated rings. The van der Waals surface area contributed by atoms with E-state index in [1.807, 2.05) is 42.5 Å². The summed E-state index contributed by atoms with van der Waals surface area (Å²) in [5, 5.41) is 30.5. The summed E-state index contributed by atoms with van der Waals surface area (Å²) in [4.78, 5) is 22.2. The van der Waals surface area contributed by atoms with Gasteiger partial charge in [-0.15, -0.1) is 23.2 Å². The second-order valence-corrected chi connectivity index (χ2v) is 18.2. The third kappa shape index (κ3) is 12.2. The fraction of sp³-hybridized carbons (Fsp3) is 0.333. The van der Waals surface area contributed by atoms with Crippen LogP contribution in [-0.4, -0.2) is 67.3 Å². The summed E-state index contributed by atoms with van der Waals surface area (Å²) >= 11 is 11.0. The maximum absolute atomic E-state index is 11.8. The summed E-state index contributed by atoms with van der Waals surface area (Å²) < 4.78 is 21.3. The van der Waals surface area contributed by atoms with Gasteiger partial charge in [-0.2, -0.15) is 0 Å². The lowest BCUT2D eigenvalue weighted by Crippen LogP contribution is -2.68. The van der Waals surface area contributed by atoms with Gasteiger partial charge in [0, 0.05) is 18.7 Å². The minimum Gasteiger partial charge on any atom is -0.534 e. The summed E-state index contributed by atoms with van der Waals surface area (Å²) in [6.07, 6.45) is 2.32. The van der Waals surface area contributed by atoms with E-state index in [2.05, 4.69) is 49.8 Å². The Balaban J connectivity index is 0.000000272. The molecule has 1 saturated heterocycles. The number of halogens is 2. The van der Waals surface area contributed by atoms with E-state index in [-0.39, 0.29) is 52.0 Å². The molecule has 274 valence electrons. The van der Waals surface area contributed by atoms with Gasteiger partial charge in [0.15, 0.2) is 0 Å². The highest BCUT2D eigenvalue weighted by Gasteiger charge is 2.52. The number of alkyl halides is 2. The van der Waals surface area contributed by atoms with Crippen molar-refractivity contribution in [2.75, 3.05) is 20.8 Å². The number of aromatic hydroxyl groups is 3. The Morgan fingerprint density at radius 1 is 0.765 bits per heavy atom. The molecule has 1 unspecified atom stereocenters. The average Bonchev–Trinajstić information content (AvgIpc) is 3.63. The molecular weight excluding hydrogens is 711 g/mol. The second kappa shape index (κ2) is 19.4. The van der Waals surface area contributed by atoms with Crippen molar-refractivity contribution in [3.63, 3.8) is 0 Å². The highest BCUT2D eigenvalue weighted by atomic mass is 35.5. The number of carbonyl (C=O) groups excluding carboxylic acids is 2. The van der Waals surface area contributed by atoms with E-state index in [0.717, 1.165) is 29.8 Å². The molecule has 4 aromatic rings. The number of carbonyl (C=O) groups is 2. The van der Waals surface area contributed by atoms with Gasteiger partial charge in [-0.1, -0.05) is 81.4 Å². The minimum absolute atomic E-state index is 0.0401. The summed E-state index contributed by atoms with van der Waals surface area (Å²) in [5.74, 6) is -0.313. The van der Waals surface area contributed by atoms with Crippen LogP contribution in [0.3, 0.4) is 0 Å². The van der Waals surface area contributed by atoms with Gasteiger partial charge in [0.25, 0.3) is 0 Å². The molecule has 12 heteroatoms. The Morgan fingerprint density at radius 3 is 1.59 bits per heavy atom. The Bertz CT molecular complexity index is 1630. The van der Waals surface area contributed by atoms with E-state index < -0.39 is 14.3 Å². The standard InChI is InChI=1S/C25H28O4Si.C9H10O4.C5H8Cl2O/c1-25(2,3)30(22-11-7-5-8-12-22,23-13-9-6-10-14-23)29-21-16-19(15-20(26)18-21)17-24(27)28-4;1-13-9(12)4-6-2-7(10)5-8(11)3-6;6-5(7)4-2-1-3-8-4/h5-16,18,26H,17H2,1-4H3;2-3,5,10-11H,4H2,1H3;4-5H,1-3H2. The smallest absolute Gasteiger partial charge is 0.319 e. The third-order valence-electron chi connectivity index (χ3n) is 8.00. The molecule has 9 nitrogen and oxygen atoms in total. The first kappa shape index (κ1) is 41.2.